The van der Waals surface area contributed by atoms with Gasteiger partial charge in [0, 0.05) is 0 Å². The molecule has 0 aliphatic heterocycles. The van der Waals surface area contributed by atoms with Crippen LogP contribution in [0.3, 0.4) is 0 Å². The molecule has 4 aromatic rings. The molecule has 2 aliphatic rings. The second-order valence-electron chi connectivity index (χ2n) is 14.9. The minimum atomic E-state index is -2.70. The fourth-order valence-corrected chi connectivity index (χ4v) is 16.2. The SMILES string of the molecule is CC/[C](c1ccccc1)=[Zr+2](\[C]1=C(C)C(c2ccccc2)=CC1C)[c]1cc(C(C)(C)C)cc2c1Cc1ccc(C(C)(C)C)cc1-2.[Cl-].[Cl-]. The van der Waals surface area contributed by atoms with Gasteiger partial charge in [-0.1, -0.05) is 0 Å². The van der Waals surface area contributed by atoms with Crippen LogP contribution >= 0.6 is 0 Å². The van der Waals surface area contributed by atoms with Crippen LogP contribution in [0.4, 0.5) is 0 Å². The van der Waals surface area contributed by atoms with E-state index in [-0.39, 0.29) is 35.6 Å². The molecular formula is C43H48Cl2Zr. The molecule has 0 amide bonds. The van der Waals surface area contributed by atoms with Crippen LogP contribution in [0.2, 0.25) is 0 Å². The minimum absolute atomic E-state index is 0. The van der Waals surface area contributed by atoms with E-state index in [0.717, 1.165) is 12.8 Å². The third-order valence-electron chi connectivity index (χ3n) is 9.83. The maximum atomic E-state index is 2.68. The number of rotatable bonds is 5. The molecule has 238 valence electrons. The van der Waals surface area contributed by atoms with Gasteiger partial charge in [0.2, 0.25) is 0 Å². The first kappa shape index (κ1) is 36.5. The van der Waals surface area contributed by atoms with Gasteiger partial charge < -0.3 is 24.8 Å². The molecule has 0 heterocycles. The predicted molar refractivity (Wildman–Crippen MR) is 189 cm³/mol. The van der Waals surface area contributed by atoms with E-state index in [1.165, 1.54) is 50.1 Å². The molecule has 3 heteroatoms. The molecule has 0 nitrogen and oxygen atoms in total. The van der Waals surface area contributed by atoms with E-state index >= 15 is 0 Å². The quantitative estimate of drug-likeness (QED) is 0.246. The molecule has 46 heavy (non-hydrogen) atoms. The van der Waals surface area contributed by atoms with Crippen molar-refractivity contribution in [2.24, 2.45) is 5.92 Å². The minimum Gasteiger partial charge on any atom is -1.00 e. The third kappa shape index (κ3) is 6.81. The Morgan fingerprint density at radius 1 is 0.739 bits per heavy atom. The Morgan fingerprint density at radius 2 is 1.33 bits per heavy atom. The molecule has 0 N–H and O–H groups in total. The van der Waals surface area contributed by atoms with Gasteiger partial charge in [-0.2, -0.15) is 0 Å². The van der Waals surface area contributed by atoms with Crippen molar-refractivity contribution in [3.05, 3.63) is 139 Å². The Labute approximate surface area is 298 Å². The Bertz CT molecular complexity index is 1830. The first-order valence-corrected chi connectivity index (χ1v) is 20.2. The normalized spacial score (nSPS) is 15.8. The summed E-state index contributed by atoms with van der Waals surface area (Å²) < 4.78 is 5.18. The van der Waals surface area contributed by atoms with E-state index < -0.39 is 21.3 Å². The van der Waals surface area contributed by atoms with E-state index in [2.05, 4.69) is 159 Å². The molecule has 0 radical (unpaired) electrons. The van der Waals surface area contributed by atoms with E-state index in [0.29, 0.717) is 5.92 Å². The van der Waals surface area contributed by atoms with Gasteiger partial charge in [-0.05, 0) is 0 Å². The largest absolute Gasteiger partial charge is 1.00 e. The summed E-state index contributed by atoms with van der Waals surface area (Å²) in [5.41, 5.74) is 14.9. The van der Waals surface area contributed by atoms with Gasteiger partial charge in [-0.15, -0.1) is 0 Å². The van der Waals surface area contributed by atoms with Crippen LogP contribution in [0.1, 0.15) is 102 Å². The van der Waals surface area contributed by atoms with Crippen molar-refractivity contribution < 1.29 is 46.1 Å². The summed E-state index contributed by atoms with van der Waals surface area (Å²) in [7, 11) is 0. The third-order valence-corrected chi connectivity index (χ3v) is 18.7. The number of hydrogen-bond donors (Lipinski definition) is 0. The second-order valence-corrected chi connectivity index (χ2v) is 20.9. The predicted octanol–water partition coefficient (Wildman–Crippen LogP) is 4.74. The fraction of sp³-hybridized carbons (Fsp3) is 0.326. The van der Waals surface area contributed by atoms with Crippen molar-refractivity contribution in [2.45, 2.75) is 86.0 Å². The van der Waals surface area contributed by atoms with Crippen molar-refractivity contribution in [3.8, 4) is 11.1 Å². The zero-order chi connectivity index (χ0) is 31.4. The number of halogens is 2. The van der Waals surface area contributed by atoms with E-state index in [9.17, 15) is 0 Å². The van der Waals surface area contributed by atoms with Crippen LogP contribution in [-0.2, 0) is 38.5 Å². The van der Waals surface area contributed by atoms with Gasteiger partial charge in [0.05, 0.1) is 0 Å². The Morgan fingerprint density at radius 3 is 1.91 bits per heavy atom. The van der Waals surface area contributed by atoms with Crippen LogP contribution in [-0.4, -0.2) is 3.21 Å². The number of hydrogen-bond acceptors (Lipinski definition) is 0. The molecule has 2 aliphatic carbocycles. The summed E-state index contributed by atoms with van der Waals surface area (Å²) in [6, 6.07) is 35.0. The standard InChI is InChI=1S/C21H25.C13H13.C9H10.2ClH.Zr/c1-20(2,3)16-9-7-14-11-15-8-10-17(21(4,5)6)13-19(15)18(14)12-16;1-10-8-11(2)13(9-10)12-6-4-3-5-7-12;1-2-6-9-7-4-3-5-8-9;;;/h7,9-10,12-13H,11H2,1-6H3;3-7,9-10H,1-2H3;3-5,7-8H,2H2,1H3;2*1H;/q;;;;;+2/p-2. The van der Waals surface area contributed by atoms with Crippen LogP contribution < -0.4 is 28.1 Å². The van der Waals surface area contributed by atoms with Crippen LogP contribution in [0.15, 0.2) is 106 Å². The first-order valence-electron chi connectivity index (χ1n) is 16.5. The second kappa shape index (κ2) is 14.0. The van der Waals surface area contributed by atoms with Crippen LogP contribution in [0.5, 0.6) is 0 Å². The molecule has 1 unspecified atom stereocenters. The van der Waals surface area contributed by atoms with Gasteiger partial charge in [-0.3, -0.25) is 0 Å². The van der Waals surface area contributed by atoms with Crippen molar-refractivity contribution in [1.82, 2.24) is 0 Å². The van der Waals surface area contributed by atoms with Crippen molar-refractivity contribution in [3.63, 3.8) is 0 Å². The molecule has 0 saturated heterocycles. The topological polar surface area (TPSA) is 0 Å². The Hall–Kier alpha value is -2.31. The fourth-order valence-electron chi connectivity index (χ4n) is 7.32. The molecule has 0 spiro atoms. The number of allylic oxidation sites excluding steroid dienone is 4. The average molecular weight is 727 g/mol. The molecular weight excluding hydrogens is 679 g/mol. The maximum Gasteiger partial charge on any atom is -1.00 e. The van der Waals surface area contributed by atoms with E-state index in [1.54, 1.807) is 15.3 Å². The Kier molecular flexibility index (Phi) is 11.2. The first-order chi connectivity index (χ1) is 20.9. The zero-order valence-electron chi connectivity index (χ0n) is 29.0. The molecule has 0 saturated carbocycles. The average Bonchev–Trinajstić information content (AvgIpc) is 3.51. The monoisotopic (exact) mass is 724 g/mol. The van der Waals surface area contributed by atoms with Gasteiger partial charge >= 0.3 is 276 Å². The summed E-state index contributed by atoms with van der Waals surface area (Å²) in [4.78, 5) is 0. The summed E-state index contributed by atoms with van der Waals surface area (Å²) in [5.74, 6) is 0.440. The summed E-state index contributed by atoms with van der Waals surface area (Å²) in [6.45, 7) is 21.5. The van der Waals surface area contributed by atoms with Crippen molar-refractivity contribution >= 4 is 12.1 Å². The van der Waals surface area contributed by atoms with Gasteiger partial charge in [0.15, 0.2) is 0 Å². The smallest absolute Gasteiger partial charge is 1.00 e. The molecule has 1 atom stereocenters. The summed E-state index contributed by atoms with van der Waals surface area (Å²) in [6.07, 6.45) is 4.71. The number of fused-ring (bicyclic) bond motifs is 3. The van der Waals surface area contributed by atoms with Gasteiger partial charge in [-0.25, -0.2) is 0 Å². The van der Waals surface area contributed by atoms with E-state index in [1.807, 2.05) is 0 Å². The van der Waals surface area contributed by atoms with Crippen LogP contribution in [0.25, 0.3) is 16.7 Å². The Balaban J connectivity index is 0.00000240. The maximum absolute atomic E-state index is 2.70. The molecule has 0 aromatic heterocycles. The van der Waals surface area contributed by atoms with Crippen molar-refractivity contribution in [2.75, 3.05) is 0 Å². The molecule has 0 bridgehead atoms. The summed E-state index contributed by atoms with van der Waals surface area (Å²) in [5, 5.41) is 0. The van der Waals surface area contributed by atoms with Crippen molar-refractivity contribution in [1.29, 1.82) is 0 Å². The molecule has 0 fully saturated rings. The number of benzene rings is 4. The van der Waals surface area contributed by atoms with E-state index in [4.69, 9.17) is 0 Å². The van der Waals surface area contributed by atoms with Gasteiger partial charge in [0.25, 0.3) is 0 Å². The zero-order valence-corrected chi connectivity index (χ0v) is 33.0. The van der Waals surface area contributed by atoms with Crippen LogP contribution in [0, 0.1) is 5.92 Å². The van der Waals surface area contributed by atoms with Gasteiger partial charge in [0.1, 0.15) is 0 Å². The molecule has 6 rings (SSSR count). The molecule has 4 aromatic carbocycles. The summed E-state index contributed by atoms with van der Waals surface area (Å²) >= 11 is -2.70.